The van der Waals surface area contributed by atoms with E-state index in [0.29, 0.717) is 53.7 Å². The summed E-state index contributed by atoms with van der Waals surface area (Å²) in [6, 6.07) is 0. The van der Waals surface area contributed by atoms with E-state index >= 15 is 0 Å². The van der Waals surface area contributed by atoms with Crippen LogP contribution in [0.5, 0.6) is 0 Å². The Bertz CT molecular complexity index is 12.8. The van der Waals surface area contributed by atoms with Gasteiger partial charge in [-0.25, -0.2) is 0 Å². The molecule has 0 unspecified atom stereocenters. The second kappa shape index (κ2) is 15.8. The minimum absolute atomic E-state index is 0.535. The van der Waals surface area contributed by atoms with Gasteiger partial charge in [0.2, 0.25) is 0 Å². The molecular formula is C3H8ClKN. The fourth-order valence-electron chi connectivity index (χ4n) is 0. The Balaban J connectivity index is 0. The number of hydrogen-bond donors (Lipinski definition) is 1. The molecule has 1 radical (unpaired) electrons. The topological polar surface area (TPSA) is 26.0 Å². The zero-order chi connectivity index (χ0) is 5.41. The summed E-state index contributed by atoms with van der Waals surface area (Å²) in [5.74, 6) is 0. The molecule has 0 aromatic heterocycles. The van der Waals surface area contributed by atoms with E-state index in [1.54, 1.807) is 0 Å². The quantitative estimate of drug-likeness (QED) is 0.516. The van der Waals surface area contributed by atoms with Gasteiger partial charge in [-0.2, -0.15) is 0 Å². The van der Waals surface area contributed by atoms with Crippen LogP contribution in [0.15, 0.2) is 0 Å². The third kappa shape index (κ3) is 16.9. The van der Waals surface area contributed by atoms with Crippen LogP contribution in [-0.2, 0) is 0 Å². The van der Waals surface area contributed by atoms with Crippen LogP contribution < -0.4 is 5.73 Å². The normalized spacial score (nSPS) is 6.17. The van der Waals surface area contributed by atoms with E-state index in [1.165, 1.54) is 0 Å². The van der Waals surface area contributed by atoms with Crippen molar-refractivity contribution >= 4 is 50.9 Å². The van der Waals surface area contributed by atoms with Crippen LogP contribution in [0.4, 0.5) is 0 Å². The fraction of sp³-hybridized carbons (Fsp3) is 0.667. The van der Waals surface area contributed by atoms with Crippen molar-refractivity contribution in [2.75, 3.05) is 6.54 Å². The van der Waals surface area contributed by atoms with Crippen molar-refractivity contribution in [2.45, 2.75) is 6.42 Å². The first-order chi connectivity index (χ1) is 2.91. The molecule has 0 fully saturated rings. The molecule has 3 heteroatoms. The molecule has 0 amide bonds. The molecule has 6 heavy (non-hydrogen) atoms. The molecule has 0 aliphatic heterocycles. The van der Waals surface area contributed by atoms with Crippen LogP contribution in [0.1, 0.15) is 6.42 Å². The van der Waals surface area contributed by atoms with Gasteiger partial charge in [0.1, 0.15) is 0 Å². The Kier molecular flexibility index (Phi) is 28.4. The Morgan fingerprint density at radius 1 is 1.67 bits per heavy atom. The van der Waals surface area contributed by atoms with Crippen molar-refractivity contribution in [1.29, 1.82) is 0 Å². The standard InChI is InChI=1S/C3H8N.ClH.K/c1-2-3-4;;/h1-4H2;1H;/q;;+1/p-1. The maximum absolute atomic E-state index is 4.97. The van der Waals surface area contributed by atoms with Gasteiger partial charge in [-0.05, 0) is 13.0 Å². The van der Waals surface area contributed by atoms with Gasteiger partial charge >= 0.3 is 50.9 Å². The molecule has 0 rings (SSSR count). The van der Waals surface area contributed by atoms with E-state index in [1.807, 2.05) is 0 Å². The van der Waals surface area contributed by atoms with Gasteiger partial charge in [0.15, 0.2) is 0 Å². The zero-order valence-electron chi connectivity index (χ0n) is 4.08. The van der Waals surface area contributed by atoms with Gasteiger partial charge in [0.25, 0.3) is 0 Å². The molecule has 0 aromatic carbocycles. The molecule has 33 valence electrons. The summed E-state index contributed by atoms with van der Waals surface area (Å²) >= 11 is 0.535. The van der Waals surface area contributed by atoms with Crippen LogP contribution in [-0.4, -0.2) is 53.7 Å². The average molecular weight is 133 g/mol. The van der Waals surface area contributed by atoms with Crippen LogP contribution in [0.3, 0.4) is 0 Å². The van der Waals surface area contributed by atoms with Crippen LogP contribution in [0, 0.1) is 6.92 Å². The Labute approximate surface area is 75.0 Å². The second-order valence-corrected chi connectivity index (χ2v) is 0.642. The molecule has 1 nitrogen and oxygen atoms in total. The van der Waals surface area contributed by atoms with E-state index < -0.39 is 0 Å². The van der Waals surface area contributed by atoms with Crippen LogP contribution in [0.2, 0.25) is 0 Å². The Morgan fingerprint density at radius 2 is 1.83 bits per heavy atom. The maximum atomic E-state index is 4.97. The molecule has 2 N–H and O–H groups in total. The molecule has 0 saturated carbocycles. The summed E-state index contributed by atoms with van der Waals surface area (Å²) < 4.78 is 4.83. The van der Waals surface area contributed by atoms with Gasteiger partial charge in [0.05, 0.1) is 0 Å². The summed E-state index contributed by atoms with van der Waals surface area (Å²) in [5, 5.41) is 0. The average Bonchev–Trinajstić information content (AvgIpc) is 1.72. The van der Waals surface area contributed by atoms with Crippen molar-refractivity contribution in [1.82, 2.24) is 0 Å². The molecule has 0 spiro atoms. The van der Waals surface area contributed by atoms with E-state index in [0.717, 1.165) is 6.42 Å². The van der Waals surface area contributed by atoms with E-state index in [4.69, 9.17) is 9.50 Å². The number of nitrogens with two attached hydrogens (primary N) is 1. The molecule has 0 aliphatic rings. The van der Waals surface area contributed by atoms with E-state index in [9.17, 15) is 0 Å². The summed E-state index contributed by atoms with van der Waals surface area (Å²) in [7, 11) is 0. The molecule has 0 saturated heterocycles. The summed E-state index contributed by atoms with van der Waals surface area (Å²) in [5.41, 5.74) is 4.97. The second-order valence-electron chi connectivity index (χ2n) is 0.642. The van der Waals surface area contributed by atoms with Gasteiger partial charge in [-0.3, -0.25) is 0 Å². The summed E-state index contributed by atoms with van der Waals surface area (Å²) in [6.07, 6.45) is 0.847. The van der Waals surface area contributed by atoms with E-state index in [-0.39, 0.29) is 0 Å². The van der Waals surface area contributed by atoms with Crippen molar-refractivity contribution < 1.29 is 0 Å². The van der Waals surface area contributed by atoms with Gasteiger partial charge in [-0.15, -0.1) is 0 Å². The molecule has 0 aliphatic carbocycles. The number of rotatable bonds is 1. The van der Waals surface area contributed by atoms with Gasteiger partial charge in [0, 0.05) is 0 Å². The van der Waals surface area contributed by atoms with Crippen molar-refractivity contribution in [3.63, 3.8) is 0 Å². The SMILES string of the molecule is [CH2]CCN.[Cl][K]. The van der Waals surface area contributed by atoms with Crippen molar-refractivity contribution in [2.24, 2.45) is 5.73 Å². The molecule has 0 bridgehead atoms. The van der Waals surface area contributed by atoms with Gasteiger partial charge in [-0.1, -0.05) is 6.92 Å². The van der Waals surface area contributed by atoms with Crippen molar-refractivity contribution in [3.8, 4) is 0 Å². The minimum atomic E-state index is 0.535. The zero-order valence-corrected chi connectivity index (χ0v) is 7.96. The first kappa shape index (κ1) is 10.8. The molecule has 0 heterocycles. The molecule has 0 aromatic rings. The third-order valence-corrected chi connectivity index (χ3v) is 0.204. The molecular weight excluding hydrogens is 125 g/mol. The Hall–Kier alpha value is 1.89. The predicted molar refractivity (Wildman–Crippen MR) is 30.6 cm³/mol. The summed E-state index contributed by atoms with van der Waals surface area (Å²) in [4.78, 5) is 0. The Morgan fingerprint density at radius 3 is 1.83 bits per heavy atom. The van der Waals surface area contributed by atoms with Crippen LogP contribution >= 0.6 is 3.76 Å². The van der Waals surface area contributed by atoms with Crippen molar-refractivity contribution in [3.05, 3.63) is 6.92 Å². The monoisotopic (exact) mass is 132 g/mol. The predicted octanol–water partition coefficient (Wildman–Crippen LogP) is 0.478. The number of hydrogen-bond acceptors (Lipinski definition) is 1. The fourth-order valence-corrected chi connectivity index (χ4v) is 0. The molecule has 0 atom stereocenters. The summed E-state index contributed by atoms with van der Waals surface area (Å²) in [6.45, 7) is 4.19. The third-order valence-electron chi connectivity index (χ3n) is 0.204. The first-order valence-electron chi connectivity index (χ1n) is 1.79. The first-order valence-corrected chi connectivity index (χ1v) is 6.08. The number of halogens is 1. The van der Waals surface area contributed by atoms with Crippen LogP contribution in [0.25, 0.3) is 0 Å². The van der Waals surface area contributed by atoms with Gasteiger partial charge < -0.3 is 5.73 Å². The van der Waals surface area contributed by atoms with E-state index in [2.05, 4.69) is 6.92 Å².